The summed E-state index contributed by atoms with van der Waals surface area (Å²) in [5.41, 5.74) is -0.195. The Labute approximate surface area is 202 Å². The fourth-order valence-corrected chi connectivity index (χ4v) is 3.72. The predicted octanol–water partition coefficient (Wildman–Crippen LogP) is 5.34. The molecule has 2 rings (SSSR count). The van der Waals surface area contributed by atoms with Gasteiger partial charge in [-0.15, -0.1) is 6.58 Å². The van der Waals surface area contributed by atoms with Gasteiger partial charge in [0.25, 0.3) is 0 Å². The van der Waals surface area contributed by atoms with Gasteiger partial charge in [-0.2, -0.15) is 0 Å². The average molecular weight is 472 g/mol. The van der Waals surface area contributed by atoms with Gasteiger partial charge >= 0.3 is 6.09 Å². The molecule has 2 N–H and O–H groups in total. The highest BCUT2D eigenvalue weighted by atomic mass is 16.6. The van der Waals surface area contributed by atoms with E-state index in [9.17, 15) is 14.7 Å². The summed E-state index contributed by atoms with van der Waals surface area (Å²) in [6.45, 7) is 17.0. The second kappa shape index (κ2) is 11.2. The van der Waals surface area contributed by atoms with Gasteiger partial charge in [0.05, 0.1) is 25.1 Å². The van der Waals surface area contributed by atoms with Crippen molar-refractivity contribution in [3.05, 3.63) is 48.6 Å². The van der Waals surface area contributed by atoms with E-state index in [1.54, 1.807) is 45.0 Å². The van der Waals surface area contributed by atoms with Crippen LogP contribution in [0.3, 0.4) is 0 Å². The van der Waals surface area contributed by atoms with E-state index >= 15 is 0 Å². The van der Waals surface area contributed by atoms with Crippen molar-refractivity contribution < 1.29 is 24.2 Å². The number of nitrogens with zero attached hydrogens (tertiary/aromatic N) is 2. The first kappa shape index (κ1) is 27.0. The first-order valence-corrected chi connectivity index (χ1v) is 11.6. The van der Waals surface area contributed by atoms with Crippen LogP contribution in [0.25, 0.3) is 5.76 Å². The van der Waals surface area contributed by atoms with E-state index < -0.39 is 17.2 Å². The standard InChI is InChI=1S/C26H37N3O5/c1-8-11-14-26(9-2)16-22(31)29(23(28-26)27-24(32)34-25(5,6)7)17-20-15-19(18(4)30)12-13-21(20)33-10-3/h8,12-13,15,30H,1,4,9-11,14,16-17H2,2-3,5-7H3,(H,27,28,32). The zero-order chi connectivity index (χ0) is 25.5. The minimum absolute atomic E-state index is 0.0885. The normalized spacial score (nSPS) is 18.2. The number of aliphatic hydroxyl groups is 1. The number of aliphatic hydroxyl groups excluding tert-OH is 1. The average Bonchev–Trinajstić information content (AvgIpc) is 2.74. The van der Waals surface area contributed by atoms with Gasteiger partial charge in [-0.3, -0.25) is 15.0 Å². The summed E-state index contributed by atoms with van der Waals surface area (Å²) in [5, 5.41) is 12.6. The van der Waals surface area contributed by atoms with E-state index in [4.69, 9.17) is 14.5 Å². The zero-order valence-corrected chi connectivity index (χ0v) is 20.9. The molecule has 1 aromatic carbocycles. The summed E-state index contributed by atoms with van der Waals surface area (Å²) in [7, 11) is 0. The minimum Gasteiger partial charge on any atom is -0.508 e. The summed E-state index contributed by atoms with van der Waals surface area (Å²) < 4.78 is 11.1. The van der Waals surface area contributed by atoms with Gasteiger partial charge in [0, 0.05) is 11.1 Å². The van der Waals surface area contributed by atoms with Crippen LogP contribution in [0.5, 0.6) is 5.75 Å². The molecule has 0 bridgehead atoms. The number of hydrogen-bond donors (Lipinski definition) is 2. The molecule has 186 valence electrons. The van der Waals surface area contributed by atoms with Crippen LogP contribution in [0.1, 0.15) is 71.4 Å². The Morgan fingerprint density at radius 1 is 1.35 bits per heavy atom. The lowest BCUT2D eigenvalue weighted by Gasteiger charge is -2.38. The molecule has 8 heteroatoms. The number of amides is 2. The second-order valence-corrected chi connectivity index (χ2v) is 9.33. The van der Waals surface area contributed by atoms with Gasteiger partial charge in [-0.25, -0.2) is 9.79 Å². The van der Waals surface area contributed by atoms with Crippen LogP contribution in [0.15, 0.2) is 42.4 Å². The molecule has 0 aromatic heterocycles. The molecule has 1 unspecified atom stereocenters. The molecule has 0 aliphatic carbocycles. The molecule has 2 amide bonds. The van der Waals surface area contributed by atoms with Gasteiger partial charge in [0.1, 0.15) is 17.1 Å². The molecule has 0 spiro atoms. The maximum Gasteiger partial charge on any atom is 0.414 e. The van der Waals surface area contributed by atoms with Crippen LogP contribution in [0.4, 0.5) is 4.79 Å². The molecule has 34 heavy (non-hydrogen) atoms. The second-order valence-electron chi connectivity index (χ2n) is 9.33. The number of carbonyl (C=O) groups is 2. The number of aliphatic imine (C=N–C) groups is 1. The maximum atomic E-state index is 13.4. The van der Waals surface area contributed by atoms with Gasteiger partial charge in [-0.1, -0.05) is 19.6 Å². The van der Waals surface area contributed by atoms with Crippen molar-refractivity contribution in [1.82, 2.24) is 10.2 Å². The molecular formula is C26H37N3O5. The van der Waals surface area contributed by atoms with E-state index in [1.165, 1.54) is 4.90 Å². The Bertz CT molecular complexity index is 964. The van der Waals surface area contributed by atoms with Crippen LogP contribution < -0.4 is 10.1 Å². The van der Waals surface area contributed by atoms with Crippen molar-refractivity contribution in [3.63, 3.8) is 0 Å². The number of alkyl carbamates (subject to hydrolysis) is 1. The smallest absolute Gasteiger partial charge is 0.414 e. The summed E-state index contributed by atoms with van der Waals surface area (Å²) >= 11 is 0. The van der Waals surface area contributed by atoms with Crippen LogP contribution in [0.2, 0.25) is 0 Å². The summed E-state index contributed by atoms with van der Waals surface area (Å²) in [4.78, 5) is 32.3. The highest BCUT2D eigenvalue weighted by Crippen LogP contribution is 2.33. The van der Waals surface area contributed by atoms with Crippen molar-refractivity contribution in [1.29, 1.82) is 0 Å². The highest BCUT2D eigenvalue weighted by Gasteiger charge is 2.40. The van der Waals surface area contributed by atoms with Crippen LogP contribution in [0, 0.1) is 0 Å². The number of carbonyl (C=O) groups excluding carboxylic acids is 2. The van der Waals surface area contributed by atoms with Gasteiger partial charge in [0.15, 0.2) is 0 Å². The molecule has 0 saturated carbocycles. The molecular weight excluding hydrogens is 434 g/mol. The third-order valence-corrected chi connectivity index (χ3v) is 5.49. The highest BCUT2D eigenvalue weighted by molar-refractivity contribution is 6.05. The molecule has 0 saturated heterocycles. The third kappa shape index (κ3) is 7.10. The number of allylic oxidation sites excluding steroid dienone is 1. The van der Waals surface area contributed by atoms with Crippen molar-refractivity contribution in [2.75, 3.05) is 6.61 Å². The van der Waals surface area contributed by atoms with Crippen molar-refractivity contribution in [3.8, 4) is 5.75 Å². The number of hydrogen-bond acceptors (Lipinski definition) is 6. The van der Waals surface area contributed by atoms with Gasteiger partial charge in [-0.05, 0) is 65.2 Å². The van der Waals surface area contributed by atoms with E-state index in [0.717, 1.165) is 0 Å². The quantitative estimate of drug-likeness (QED) is 0.374. The van der Waals surface area contributed by atoms with Crippen molar-refractivity contribution in [2.45, 2.75) is 78.0 Å². The predicted molar refractivity (Wildman–Crippen MR) is 134 cm³/mol. The number of benzene rings is 1. The largest absolute Gasteiger partial charge is 0.508 e. The van der Waals surface area contributed by atoms with Crippen molar-refractivity contribution in [2.24, 2.45) is 4.99 Å². The number of rotatable bonds is 9. The fraction of sp³-hybridized carbons (Fsp3) is 0.500. The molecule has 1 aromatic rings. The van der Waals surface area contributed by atoms with Gasteiger partial charge < -0.3 is 14.6 Å². The topological polar surface area (TPSA) is 100 Å². The third-order valence-electron chi connectivity index (χ3n) is 5.49. The minimum atomic E-state index is -0.712. The van der Waals surface area contributed by atoms with Crippen molar-refractivity contribution >= 4 is 23.7 Å². The molecule has 1 heterocycles. The number of nitrogens with one attached hydrogen (secondary N) is 1. The van der Waals surface area contributed by atoms with Crippen LogP contribution in [-0.2, 0) is 16.1 Å². The summed E-state index contributed by atoms with van der Waals surface area (Å²) in [6.07, 6.45) is 3.27. The van der Waals surface area contributed by atoms with Crippen LogP contribution in [-0.4, -0.2) is 45.7 Å². The molecule has 8 nitrogen and oxygen atoms in total. The molecule has 1 atom stereocenters. The SMILES string of the molecule is C=CCCC1(CC)CC(=O)N(Cc2cc(C(=C)O)ccc2OCC)C(NC(=O)OC(C)(C)C)=N1. The monoisotopic (exact) mass is 471 g/mol. The Morgan fingerprint density at radius 3 is 2.62 bits per heavy atom. The van der Waals surface area contributed by atoms with E-state index in [1.807, 2.05) is 13.8 Å². The van der Waals surface area contributed by atoms with E-state index in [-0.39, 0.29) is 30.6 Å². The van der Waals surface area contributed by atoms with Crippen LogP contribution >= 0.6 is 0 Å². The lowest BCUT2D eigenvalue weighted by molar-refractivity contribution is -0.130. The fourth-order valence-electron chi connectivity index (χ4n) is 3.72. The maximum absolute atomic E-state index is 13.4. The number of guanidine groups is 1. The molecule has 0 fully saturated rings. The lowest BCUT2D eigenvalue weighted by Crippen LogP contribution is -2.54. The Balaban J connectivity index is 2.50. The Morgan fingerprint density at radius 2 is 2.06 bits per heavy atom. The van der Waals surface area contributed by atoms with E-state index in [2.05, 4.69) is 18.5 Å². The summed E-state index contributed by atoms with van der Waals surface area (Å²) in [5.74, 6) is 0.426. The Kier molecular flexibility index (Phi) is 8.90. The first-order valence-electron chi connectivity index (χ1n) is 11.6. The Hall–Kier alpha value is -3.29. The lowest BCUT2D eigenvalue weighted by atomic mass is 9.86. The van der Waals surface area contributed by atoms with E-state index in [0.29, 0.717) is 42.7 Å². The first-order chi connectivity index (χ1) is 15.9. The number of ether oxygens (including phenoxy) is 2. The molecule has 0 radical (unpaired) electrons. The zero-order valence-electron chi connectivity index (χ0n) is 20.9. The molecule has 1 aliphatic rings. The molecule has 1 aliphatic heterocycles. The van der Waals surface area contributed by atoms with Gasteiger partial charge in [0.2, 0.25) is 11.9 Å². The summed E-state index contributed by atoms with van der Waals surface area (Å²) in [6, 6.07) is 5.13.